The maximum absolute atomic E-state index is 4.73. The quantitative estimate of drug-likeness (QED) is 0.802. The zero-order valence-corrected chi connectivity index (χ0v) is 11.7. The summed E-state index contributed by atoms with van der Waals surface area (Å²) in [7, 11) is 8.36. The summed E-state index contributed by atoms with van der Waals surface area (Å²) >= 11 is 0. The number of fused-ring (bicyclic) bond motifs is 1. The van der Waals surface area contributed by atoms with Crippen molar-refractivity contribution in [3.8, 4) is 0 Å². The van der Waals surface area contributed by atoms with Gasteiger partial charge in [-0.2, -0.15) is 0 Å². The Kier molecular flexibility index (Phi) is 3.99. The average Bonchev–Trinajstić information content (AvgIpc) is 2.62. The maximum Gasteiger partial charge on any atom is 0.124 e. The van der Waals surface area contributed by atoms with Gasteiger partial charge in [-0.3, -0.25) is 0 Å². The van der Waals surface area contributed by atoms with Gasteiger partial charge in [-0.15, -0.1) is 0 Å². The summed E-state index contributed by atoms with van der Waals surface area (Å²) in [6.07, 6.45) is 0. The molecule has 1 heterocycles. The number of benzene rings is 1. The first-order valence-corrected chi connectivity index (χ1v) is 6.31. The van der Waals surface area contributed by atoms with Crippen LogP contribution in [-0.2, 0) is 13.1 Å². The molecule has 0 radical (unpaired) electrons. The predicted octanol–water partition coefficient (Wildman–Crippen LogP) is 1.66. The summed E-state index contributed by atoms with van der Waals surface area (Å²) in [5.74, 6) is 1.14. The fourth-order valence-corrected chi connectivity index (χ4v) is 2.08. The van der Waals surface area contributed by atoms with Crippen molar-refractivity contribution in [1.29, 1.82) is 0 Å². The van der Waals surface area contributed by atoms with Crippen LogP contribution < -0.4 is 0 Å². The monoisotopic (exact) mass is 246 g/mol. The largest absolute Gasteiger partial charge is 0.326 e. The number of likely N-dealkylation sites (N-methyl/N-ethyl adjacent to an activating group) is 1. The van der Waals surface area contributed by atoms with Crippen LogP contribution in [0.5, 0.6) is 0 Å². The number of rotatable bonds is 5. The Bertz CT molecular complexity index is 513. The molecule has 0 saturated heterocycles. The average molecular weight is 246 g/mol. The number of nitrogens with zero attached hydrogens (tertiary/aromatic N) is 4. The molecule has 2 rings (SSSR count). The molecule has 0 amide bonds. The molecule has 1 aromatic carbocycles. The summed E-state index contributed by atoms with van der Waals surface area (Å²) in [5, 5.41) is 0. The fraction of sp³-hybridized carbons (Fsp3) is 0.500. The van der Waals surface area contributed by atoms with Crippen LogP contribution in [0.2, 0.25) is 0 Å². The van der Waals surface area contributed by atoms with Gasteiger partial charge in [0.2, 0.25) is 0 Å². The van der Waals surface area contributed by atoms with Gasteiger partial charge >= 0.3 is 0 Å². The van der Waals surface area contributed by atoms with Gasteiger partial charge in [-0.1, -0.05) is 12.1 Å². The lowest BCUT2D eigenvalue weighted by Crippen LogP contribution is -2.21. The highest BCUT2D eigenvalue weighted by atomic mass is 15.2. The van der Waals surface area contributed by atoms with Gasteiger partial charge < -0.3 is 14.4 Å². The number of hydrogen-bond donors (Lipinski definition) is 0. The van der Waals surface area contributed by atoms with E-state index in [1.165, 1.54) is 5.52 Å². The Balaban J connectivity index is 2.37. The molecule has 0 bridgehead atoms. The van der Waals surface area contributed by atoms with Crippen LogP contribution in [0.4, 0.5) is 0 Å². The summed E-state index contributed by atoms with van der Waals surface area (Å²) in [6.45, 7) is 2.89. The smallest absolute Gasteiger partial charge is 0.124 e. The van der Waals surface area contributed by atoms with Crippen LogP contribution >= 0.6 is 0 Å². The van der Waals surface area contributed by atoms with E-state index < -0.39 is 0 Å². The Morgan fingerprint density at radius 3 is 2.44 bits per heavy atom. The van der Waals surface area contributed by atoms with Gasteiger partial charge in [0.1, 0.15) is 5.82 Å². The molecule has 4 nitrogen and oxygen atoms in total. The Labute approximate surface area is 109 Å². The fourth-order valence-electron chi connectivity index (χ4n) is 2.08. The minimum atomic E-state index is 0.877. The Morgan fingerprint density at radius 2 is 1.78 bits per heavy atom. The van der Waals surface area contributed by atoms with Gasteiger partial charge in [0.25, 0.3) is 0 Å². The van der Waals surface area contributed by atoms with E-state index in [4.69, 9.17) is 4.98 Å². The molecule has 0 fully saturated rings. The lowest BCUT2D eigenvalue weighted by atomic mass is 10.3. The van der Waals surface area contributed by atoms with Gasteiger partial charge in [-0.05, 0) is 40.3 Å². The summed E-state index contributed by atoms with van der Waals surface area (Å²) in [4.78, 5) is 9.10. The first kappa shape index (κ1) is 13.1. The molecule has 18 heavy (non-hydrogen) atoms. The van der Waals surface area contributed by atoms with Crippen LogP contribution in [0.3, 0.4) is 0 Å². The Morgan fingerprint density at radius 1 is 1.06 bits per heavy atom. The molecule has 98 valence electrons. The number of imidazole rings is 1. The molecule has 0 aliphatic rings. The third-order valence-electron chi connectivity index (χ3n) is 2.96. The number of aromatic nitrogens is 2. The van der Waals surface area contributed by atoms with Crippen molar-refractivity contribution in [3.63, 3.8) is 0 Å². The second-order valence-electron chi connectivity index (χ2n) is 5.21. The lowest BCUT2D eigenvalue weighted by Gasteiger charge is -2.15. The minimum absolute atomic E-state index is 0.877. The highest BCUT2D eigenvalue weighted by Gasteiger charge is 2.10. The molecular weight excluding hydrogens is 224 g/mol. The molecule has 0 spiro atoms. The van der Waals surface area contributed by atoms with Crippen LogP contribution in [0.1, 0.15) is 5.82 Å². The van der Waals surface area contributed by atoms with E-state index >= 15 is 0 Å². The zero-order valence-electron chi connectivity index (χ0n) is 11.7. The molecule has 2 aromatic rings. The maximum atomic E-state index is 4.73. The van der Waals surface area contributed by atoms with Gasteiger partial charge in [0.15, 0.2) is 0 Å². The third-order valence-corrected chi connectivity index (χ3v) is 2.96. The van der Waals surface area contributed by atoms with E-state index in [0.717, 1.165) is 31.0 Å². The topological polar surface area (TPSA) is 24.3 Å². The molecule has 0 saturated carbocycles. The molecule has 0 aliphatic carbocycles. The molecule has 0 N–H and O–H groups in total. The molecule has 0 aliphatic heterocycles. The summed E-state index contributed by atoms with van der Waals surface area (Å²) < 4.78 is 2.33. The van der Waals surface area contributed by atoms with Gasteiger partial charge in [0.05, 0.1) is 17.6 Å². The van der Waals surface area contributed by atoms with Crippen molar-refractivity contribution in [3.05, 3.63) is 30.1 Å². The molecular formula is C14H22N4. The van der Waals surface area contributed by atoms with E-state index in [-0.39, 0.29) is 0 Å². The van der Waals surface area contributed by atoms with Crippen molar-refractivity contribution in [2.75, 3.05) is 34.7 Å². The lowest BCUT2D eigenvalue weighted by molar-refractivity contribution is 0.358. The summed E-state index contributed by atoms with van der Waals surface area (Å²) in [5.41, 5.74) is 2.32. The highest BCUT2D eigenvalue weighted by molar-refractivity contribution is 5.75. The van der Waals surface area contributed by atoms with Gasteiger partial charge in [-0.25, -0.2) is 4.98 Å². The van der Waals surface area contributed by atoms with E-state index in [1.807, 2.05) is 6.07 Å². The number of para-hydroxylation sites is 2. The highest BCUT2D eigenvalue weighted by Crippen LogP contribution is 2.16. The van der Waals surface area contributed by atoms with E-state index in [0.29, 0.717) is 0 Å². The summed E-state index contributed by atoms with van der Waals surface area (Å²) in [6, 6.07) is 8.36. The number of hydrogen-bond acceptors (Lipinski definition) is 3. The second-order valence-corrected chi connectivity index (χ2v) is 5.21. The molecule has 0 unspecified atom stereocenters. The van der Waals surface area contributed by atoms with Crippen molar-refractivity contribution >= 4 is 11.0 Å². The first-order chi connectivity index (χ1) is 8.58. The SMILES string of the molecule is CN(C)CCn1c(CN(C)C)nc2ccccc21. The van der Waals surface area contributed by atoms with Crippen molar-refractivity contribution in [2.45, 2.75) is 13.1 Å². The second kappa shape index (κ2) is 5.50. The third kappa shape index (κ3) is 2.89. The van der Waals surface area contributed by atoms with Gasteiger partial charge in [0, 0.05) is 13.1 Å². The van der Waals surface area contributed by atoms with E-state index in [9.17, 15) is 0 Å². The van der Waals surface area contributed by atoms with E-state index in [1.54, 1.807) is 0 Å². The van der Waals surface area contributed by atoms with Crippen molar-refractivity contribution < 1.29 is 0 Å². The predicted molar refractivity (Wildman–Crippen MR) is 75.7 cm³/mol. The van der Waals surface area contributed by atoms with E-state index in [2.05, 4.69) is 60.8 Å². The van der Waals surface area contributed by atoms with Crippen molar-refractivity contribution in [1.82, 2.24) is 19.4 Å². The zero-order chi connectivity index (χ0) is 13.1. The molecule has 1 aromatic heterocycles. The molecule has 0 atom stereocenters. The van der Waals surface area contributed by atoms with Crippen molar-refractivity contribution in [2.24, 2.45) is 0 Å². The Hall–Kier alpha value is -1.39. The normalized spacial score (nSPS) is 11.9. The molecule has 4 heteroatoms. The first-order valence-electron chi connectivity index (χ1n) is 6.31. The van der Waals surface area contributed by atoms with Crippen LogP contribution in [0.15, 0.2) is 24.3 Å². The van der Waals surface area contributed by atoms with Crippen LogP contribution in [0, 0.1) is 0 Å². The standard InChI is InChI=1S/C14H22N4/c1-16(2)9-10-18-13-8-6-5-7-12(13)15-14(18)11-17(3)4/h5-8H,9-11H2,1-4H3. The minimum Gasteiger partial charge on any atom is -0.326 e. The van der Waals surface area contributed by atoms with Crippen LogP contribution in [0.25, 0.3) is 11.0 Å². The van der Waals surface area contributed by atoms with Crippen LogP contribution in [-0.4, -0.2) is 54.1 Å².